The number of rotatable bonds is 5. The molecule has 1 atom stereocenters. The average molecular weight is 300 g/mol. The first-order valence-electron chi connectivity index (χ1n) is 7.30. The lowest BCUT2D eigenvalue weighted by molar-refractivity contribution is 0.0811. The predicted octanol–water partition coefficient (Wildman–Crippen LogP) is 2.17. The molecule has 1 aromatic carbocycles. The molecule has 1 N–H and O–H groups in total. The summed E-state index contributed by atoms with van der Waals surface area (Å²) in [6.07, 6.45) is 0.943. The molecule has 7 nitrogen and oxygen atoms in total. The van der Waals surface area contributed by atoms with Crippen LogP contribution in [0, 0.1) is 0 Å². The Labute approximate surface area is 126 Å². The van der Waals surface area contributed by atoms with Gasteiger partial charge in [0.05, 0.1) is 17.6 Å². The number of nitrogens with zero attached hydrogens (tertiary/aromatic N) is 3. The molecule has 7 heteroatoms. The molecule has 22 heavy (non-hydrogen) atoms. The number of hydrogen-bond donors (Lipinski definition) is 1. The molecule has 1 aliphatic rings. The molecule has 0 unspecified atom stereocenters. The Morgan fingerprint density at radius 1 is 1.23 bits per heavy atom. The van der Waals surface area contributed by atoms with Gasteiger partial charge >= 0.3 is 0 Å². The highest BCUT2D eigenvalue weighted by molar-refractivity contribution is 5.74. The molecule has 2 aromatic heterocycles. The van der Waals surface area contributed by atoms with Gasteiger partial charge in [-0.2, -0.15) is 4.98 Å². The third-order valence-electron chi connectivity index (χ3n) is 3.68. The molecule has 0 spiro atoms. The summed E-state index contributed by atoms with van der Waals surface area (Å²) in [5.74, 6) is 2.22. The number of imidazole rings is 1. The van der Waals surface area contributed by atoms with Crippen molar-refractivity contribution in [2.24, 2.45) is 0 Å². The average Bonchev–Trinajstić information content (AvgIpc) is 3.27. The Kier molecular flexibility index (Phi) is 3.57. The normalized spacial score (nSPS) is 18.3. The van der Waals surface area contributed by atoms with Gasteiger partial charge in [0.15, 0.2) is 5.82 Å². The first kappa shape index (κ1) is 13.4. The number of H-pyrrole nitrogens is 1. The quantitative estimate of drug-likeness (QED) is 0.777. The van der Waals surface area contributed by atoms with Crippen LogP contribution >= 0.6 is 0 Å². The van der Waals surface area contributed by atoms with Gasteiger partial charge in [0.25, 0.3) is 5.89 Å². The van der Waals surface area contributed by atoms with Gasteiger partial charge in [-0.3, -0.25) is 0 Å². The summed E-state index contributed by atoms with van der Waals surface area (Å²) in [6.45, 7) is 2.08. The molecule has 0 amide bonds. The van der Waals surface area contributed by atoms with Gasteiger partial charge in [-0.15, -0.1) is 0 Å². The molecule has 1 fully saturated rings. The van der Waals surface area contributed by atoms with E-state index in [2.05, 4.69) is 20.1 Å². The molecule has 3 aromatic rings. The Bertz CT molecular complexity index is 728. The van der Waals surface area contributed by atoms with Gasteiger partial charge < -0.3 is 19.0 Å². The van der Waals surface area contributed by atoms with E-state index in [1.165, 1.54) is 0 Å². The number of nitrogens with one attached hydrogen (secondary N) is 1. The first-order chi connectivity index (χ1) is 10.9. The molecule has 4 rings (SSSR count). The van der Waals surface area contributed by atoms with Crippen molar-refractivity contribution in [2.45, 2.75) is 25.6 Å². The van der Waals surface area contributed by atoms with Crippen molar-refractivity contribution in [3.8, 4) is 0 Å². The molecule has 0 bridgehead atoms. The lowest BCUT2D eigenvalue weighted by atomic mass is 10.1. The number of aromatic amines is 1. The van der Waals surface area contributed by atoms with Gasteiger partial charge in [0.2, 0.25) is 0 Å². The van der Waals surface area contributed by atoms with Crippen molar-refractivity contribution in [1.82, 2.24) is 20.1 Å². The first-order valence-corrected chi connectivity index (χ1v) is 7.30. The summed E-state index contributed by atoms with van der Waals surface area (Å²) in [5.41, 5.74) is 1.94. The van der Waals surface area contributed by atoms with Crippen LogP contribution in [0.25, 0.3) is 11.0 Å². The van der Waals surface area contributed by atoms with Crippen molar-refractivity contribution < 1.29 is 14.0 Å². The van der Waals surface area contributed by atoms with Crippen LogP contribution in [-0.4, -0.2) is 33.3 Å². The standard InChI is InChI=1S/C15H16N4O3/c1-2-4-12-11(3-1)16-13(17-12)8-21-9-14-18-15(19-22-14)10-5-6-20-7-10/h1-4,10H,5-9H2,(H,16,17)/t10-/m0/s1. The van der Waals surface area contributed by atoms with E-state index in [4.69, 9.17) is 14.0 Å². The van der Waals surface area contributed by atoms with Crippen LogP contribution in [0.3, 0.4) is 0 Å². The zero-order chi connectivity index (χ0) is 14.8. The summed E-state index contributed by atoms with van der Waals surface area (Å²) in [6, 6.07) is 7.88. The van der Waals surface area contributed by atoms with Gasteiger partial charge in [0.1, 0.15) is 19.0 Å². The van der Waals surface area contributed by atoms with Crippen LogP contribution < -0.4 is 0 Å². The minimum Gasteiger partial charge on any atom is -0.381 e. The van der Waals surface area contributed by atoms with Gasteiger partial charge in [0, 0.05) is 12.5 Å². The molecule has 1 aliphatic heterocycles. The van der Waals surface area contributed by atoms with Crippen LogP contribution in [0.15, 0.2) is 28.8 Å². The van der Waals surface area contributed by atoms with Gasteiger partial charge in [-0.05, 0) is 18.6 Å². The molecule has 0 saturated carbocycles. The summed E-state index contributed by atoms with van der Waals surface area (Å²) >= 11 is 0. The highest BCUT2D eigenvalue weighted by Gasteiger charge is 2.23. The fraction of sp³-hybridized carbons (Fsp3) is 0.400. The number of hydrogen-bond acceptors (Lipinski definition) is 6. The van der Waals surface area contributed by atoms with E-state index in [0.717, 1.165) is 29.9 Å². The highest BCUT2D eigenvalue weighted by atomic mass is 16.5. The minimum atomic E-state index is 0.243. The highest BCUT2D eigenvalue weighted by Crippen LogP contribution is 2.22. The van der Waals surface area contributed by atoms with Crippen LogP contribution in [-0.2, 0) is 22.7 Å². The van der Waals surface area contributed by atoms with Crippen LogP contribution in [0.2, 0.25) is 0 Å². The number of fused-ring (bicyclic) bond motifs is 1. The van der Waals surface area contributed by atoms with Crippen LogP contribution in [0.5, 0.6) is 0 Å². The van der Waals surface area contributed by atoms with Crippen molar-refractivity contribution in [2.75, 3.05) is 13.2 Å². The lowest BCUT2D eigenvalue weighted by Crippen LogP contribution is -2.01. The van der Waals surface area contributed by atoms with Crippen molar-refractivity contribution in [1.29, 1.82) is 0 Å². The molecule has 0 aliphatic carbocycles. The van der Waals surface area contributed by atoms with E-state index in [-0.39, 0.29) is 12.5 Å². The zero-order valence-electron chi connectivity index (χ0n) is 12.0. The predicted molar refractivity (Wildman–Crippen MR) is 77.1 cm³/mol. The summed E-state index contributed by atoms with van der Waals surface area (Å²) < 4.78 is 16.1. The van der Waals surface area contributed by atoms with E-state index in [1.54, 1.807) is 0 Å². The van der Waals surface area contributed by atoms with Crippen LogP contribution in [0.1, 0.15) is 29.9 Å². The van der Waals surface area contributed by atoms with Gasteiger partial charge in [-0.1, -0.05) is 17.3 Å². The van der Waals surface area contributed by atoms with E-state index >= 15 is 0 Å². The maximum atomic E-state index is 5.59. The second-order valence-electron chi connectivity index (χ2n) is 5.30. The Hall–Kier alpha value is -2.25. The zero-order valence-corrected chi connectivity index (χ0v) is 12.0. The topological polar surface area (TPSA) is 86.1 Å². The van der Waals surface area contributed by atoms with E-state index in [9.17, 15) is 0 Å². The van der Waals surface area contributed by atoms with Crippen molar-refractivity contribution in [3.05, 3.63) is 41.8 Å². The molecule has 3 heterocycles. The van der Waals surface area contributed by atoms with E-state index in [1.807, 2.05) is 24.3 Å². The second-order valence-corrected chi connectivity index (χ2v) is 5.30. The number of ether oxygens (including phenoxy) is 2. The van der Waals surface area contributed by atoms with E-state index in [0.29, 0.717) is 24.9 Å². The largest absolute Gasteiger partial charge is 0.381 e. The lowest BCUT2D eigenvalue weighted by Gasteiger charge is -1.98. The van der Waals surface area contributed by atoms with E-state index < -0.39 is 0 Å². The number of aromatic nitrogens is 4. The third kappa shape index (κ3) is 2.72. The molecule has 114 valence electrons. The smallest absolute Gasteiger partial charge is 0.252 e. The minimum absolute atomic E-state index is 0.243. The summed E-state index contributed by atoms with van der Waals surface area (Å²) in [5, 5.41) is 3.99. The maximum absolute atomic E-state index is 5.59. The Morgan fingerprint density at radius 2 is 2.18 bits per heavy atom. The van der Waals surface area contributed by atoms with Crippen LogP contribution in [0.4, 0.5) is 0 Å². The third-order valence-corrected chi connectivity index (χ3v) is 3.68. The monoisotopic (exact) mass is 300 g/mol. The fourth-order valence-electron chi connectivity index (χ4n) is 2.54. The fourth-order valence-corrected chi connectivity index (χ4v) is 2.54. The number of para-hydroxylation sites is 2. The SMILES string of the molecule is c1ccc2[nH]c(COCc3nc([C@H]4CCOC4)no3)nc2c1. The van der Waals surface area contributed by atoms with Crippen molar-refractivity contribution in [3.63, 3.8) is 0 Å². The van der Waals surface area contributed by atoms with Gasteiger partial charge in [-0.25, -0.2) is 4.98 Å². The maximum Gasteiger partial charge on any atom is 0.252 e. The molecular weight excluding hydrogens is 284 g/mol. The molecule has 0 radical (unpaired) electrons. The summed E-state index contributed by atoms with van der Waals surface area (Å²) in [7, 11) is 0. The summed E-state index contributed by atoms with van der Waals surface area (Å²) in [4.78, 5) is 12.0. The number of benzene rings is 1. The van der Waals surface area contributed by atoms with Crippen molar-refractivity contribution >= 4 is 11.0 Å². The second kappa shape index (κ2) is 5.86. The Balaban J connectivity index is 1.34. The molecular formula is C15H16N4O3. The molecule has 1 saturated heterocycles. The Morgan fingerprint density at radius 3 is 3.05 bits per heavy atom.